The van der Waals surface area contributed by atoms with Gasteiger partial charge in [0.2, 0.25) is 5.91 Å². The molecular weight excluding hydrogens is 294 g/mol. The van der Waals surface area contributed by atoms with Gasteiger partial charge in [-0.1, -0.05) is 12.1 Å². The van der Waals surface area contributed by atoms with Crippen molar-refractivity contribution >= 4 is 5.91 Å². The number of hydrogen-bond acceptors (Lipinski definition) is 4. The molecule has 1 aromatic heterocycles. The summed E-state index contributed by atoms with van der Waals surface area (Å²) in [5.41, 5.74) is 0.691. The van der Waals surface area contributed by atoms with Crippen LogP contribution in [-0.2, 0) is 11.3 Å². The molecule has 6 nitrogen and oxygen atoms in total. The summed E-state index contributed by atoms with van der Waals surface area (Å²) < 4.78 is 6.51. The predicted octanol–water partition coefficient (Wildman–Crippen LogP) is 1.62. The molecule has 0 N–H and O–H groups in total. The van der Waals surface area contributed by atoms with Crippen molar-refractivity contribution in [1.82, 2.24) is 14.5 Å². The quantitative estimate of drug-likeness (QED) is 0.860. The maximum atomic E-state index is 12.6. The van der Waals surface area contributed by atoms with Gasteiger partial charge in [0.05, 0.1) is 13.2 Å². The zero-order chi connectivity index (χ0) is 16.2. The average Bonchev–Trinajstić information content (AvgIpc) is 3.07. The average molecular weight is 313 g/mol. The molecule has 1 aliphatic heterocycles. The van der Waals surface area contributed by atoms with Crippen molar-refractivity contribution in [3.63, 3.8) is 0 Å². The van der Waals surface area contributed by atoms with E-state index in [0.29, 0.717) is 6.54 Å². The Bertz CT molecular complexity index is 739. The Morgan fingerprint density at radius 3 is 2.83 bits per heavy atom. The number of nitrogens with zero attached hydrogens (tertiary/aromatic N) is 3. The zero-order valence-corrected chi connectivity index (χ0v) is 13.0. The minimum atomic E-state index is -0.402. The Kier molecular flexibility index (Phi) is 4.41. The van der Waals surface area contributed by atoms with Crippen molar-refractivity contribution in [2.45, 2.75) is 25.4 Å². The SMILES string of the molecule is COc1ccc(C2CCCN2C(=O)Cn2cccnc2=O)cc1. The van der Waals surface area contributed by atoms with E-state index in [1.807, 2.05) is 29.2 Å². The smallest absolute Gasteiger partial charge is 0.347 e. The first-order valence-electron chi connectivity index (χ1n) is 7.64. The minimum Gasteiger partial charge on any atom is -0.497 e. The second-order valence-electron chi connectivity index (χ2n) is 5.55. The maximum Gasteiger partial charge on any atom is 0.347 e. The predicted molar refractivity (Wildman–Crippen MR) is 85.2 cm³/mol. The van der Waals surface area contributed by atoms with Gasteiger partial charge in [-0.25, -0.2) is 9.78 Å². The van der Waals surface area contributed by atoms with Crippen molar-refractivity contribution < 1.29 is 9.53 Å². The molecule has 0 spiro atoms. The van der Waals surface area contributed by atoms with E-state index in [4.69, 9.17) is 4.74 Å². The molecule has 0 bridgehead atoms. The van der Waals surface area contributed by atoms with Crippen LogP contribution in [0, 0.1) is 0 Å². The van der Waals surface area contributed by atoms with Gasteiger partial charge < -0.3 is 9.64 Å². The van der Waals surface area contributed by atoms with Gasteiger partial charge in [-0.3, -0.25) is 9.36 Å². The minimum absolute atomic E-state index is 0.0271. The highest BCUT2D eigenvalue weighted by molar-refractivity contribution is 5.76. The fraction of sp³-hybridized carbons (Fsp3) is 0.353. The molecule has 1 unspecified atom stereocenters. The van der Waals surface area contributed by atoms with Gasteiger partial charge in [-0.2, -0.15) is 0 Å². The van der Waals surface area contributed by atoms with Crippen LogP contribution in [0.25, 0.3) is 0 Å². The molecule has 0 radical (unpaired) electrons. The number of benzene rings is 1. The molecular formula is C17H19N3O3. The highest BCUT2D eigenvalue weighted by atomic mass is 16.5. The van der Waals surface area contributed by atoms with Crippen LogP contribution in [-0.4, -0.2) is 34.0 Å². The summed E-state index contributed by atoms with van der Waals surface area (Å²) in [6.45, 7) is 0.740. The van der Waals surface area contributed by atoms with Gasteiger partial charge in [0.25, 0.3) is 0 Å². The van der Waals surface area contributed by atoms with Crippen molar-refractivity contribution in [1.29, 1.82) is 0 Å². The van der Waals surface area contributed by atoms with Crippen molar-refractivity contribution in [2.75, 3.05) is 13.7 Å². The Balaban J connectivity index is 1.76. The van der Waals surface area contributed by atoms with Crippen molar-refractivity contribution in [2.24, 2.45) is 0 Å². The van der Waals surface area contributed by atoms with Gasteiger partial charge in [0.1, 0.15) is 12.3 Å². The first kappa shape index (κ1) is 15.3. The number of ether oxygens (including phenoxy) is 1. The number of hydrogen-bond donors (Lipinski definition) is 0. The van der Waals surface area contributed by atoms with Gasteiger partial charge in [0.15, 0.2) is 0 Å². The third-order valence-corrected chi connectivity index (χ3v) is 4.16. The molecule has 1 amide bonds. The van der Waals surface area contributed by atoms with E-state index >= 15 is 0 Å². The summed E-state index contributed by atoms with van der Waals surface area (Å²) in [5, 5.41) is 0. The van der Waals surface area contributed by atoms with Crippen LogP contribution in [0.5, 0.6) is 5.75 Å². The van der Waals surface area contributed by atoms with Crippen LogP contribution in [0.4, 0.5) is 0 Å². The van der Waals surface area contributed by atoms with Crippen LogP contribution in [0.15, 0.2) is 47.5 Å². The molecule has 1 saturated heterocycles. The fourth-order valence-corrected chi connectivity index (χ4v) is 2.98. The highest BCUT2D eigenvalue weighted by Gasteiger charge is 2.30. The summed E-state index contributed by atoms with van der Waals surface area (Å²) in [6, 6.07) is 9.50. The molecule has 2 heterocycles. The molecule has 1 atom stereocenters. The summed E-state index contributed by atoms with van der Waals surface area (Å²) in [5.74, 6) is 0.741. The van der Waals surface area contributed by atoms with Crippen LogP contribution < -0.4 is 10.4 Å². The lowest BCUT2D eigenvalue weighted by Gasteiger charge is -2.25. The molecule has 0 aliphatic carbocycles. The van der Waals surface area contributed by atoms with Gasteiger partial charge >= 0.3 is 5.69 Å². The molecule has 0 saturated carbocycles. The molecule has 1 fully saturated rings. The Labute approximate surface area is 134 Å². The molecule has 1 aliphatic rings. The standard InChI is InChI=1S/C17H19N3O3/c1-23-14-7-5-13(6-8-14)15-4-2-11-20(15)16(21)12-19-10-3-9-18-17(19)22/h3,5-10,15H,2,4,11-12H2,1H3. The lowest BCUT2D eigenvalue weighted by molar-refractivity contribution is -0.132. The molecule has 3 rings (SSSR count). The molecule has 120 valence electrons. The van der Waals surface area contributed by atoms with E-state index in [9.17, 15) is 9.59 Å². The number of carbonyl (C=O) groups is 1. The Hall–Kier alpha value is -2.63. The largest absolute Gasteiger partial charge is 0.497 e. The van der Waals surface area contributed by atoms with Crippen LogP contribution in [0.1, 0.15) is 24.4 Å². The lowest BCUT2D eigenvalue weighted by Crippen LogP contribution is -2.36. The molecule has 1 aromatic carbocycles. The third kappa shape index (κ3) is 3.26. The molecule has 23 heavy (non-hydrogen) atoms. The number of amides is 1. The number of aromatic nitrogens is 2. The first-order chi connectivity index (χ1) is 11.2. The van der Waals surface area contributed by atoms with E-state index in [1.54, 1.807) is 19.4 Å². The topological polar surface area (TPSA) is 64.4 Å². The molecule has 6 heteroatoms. The second-order valence-corrected chi connectivity index (χ2v) is 5.55. The van der Waals surface area contributed by atoms with E-state index in [-0.39, 0.29) is 18.5 Å². The van der Waals surface area contributed by atoms with E-state index < -0.39 is 5.69 Å². The third-order valence-electron chi connectivity index (χ3n) is 4.16. The Morgan fingerprint density at radius 1 is 1.35 bits per heavy atom. The Morgan fingerprint density at radius 2 is 2.13 bits per heavy atom. The van der Waals surface area contributed by atoms with Crippen LogP contribution >= 0.6 is 0 Å². The molecule has 2 aromatic rings. The second kappa shape index (κ2) is 6.64. The number of carbonyl (C=O) groups excluding carboxylic acids is 1. The first-order valence-corrected chi connectivity index (χ1v) is 7.64. The van der Waals surface area contributed by atoms with Crippen LogP contribution in [0.2, 0.25) is 0 Å². The van der Waals surface area contributed by atoms with Crippen LogP contribution in [0.3, 0.4) is 0 Å². The van der Waals surface area contributed by atoms with Gasteiger partial charge in [-0.05, 0) is 36.6 Å². The summed E-state index contributed by atoms with van der Waals surface area (Å²) >= 11 is 0. The zero-order valence-electron chi connectivity index (χ0n) is 13.0. The summed E-state index contributed by atoms with van der Waals surface area (Å²) in [7, 11) is 1.63. The van der Waals surface area contributed by atoms with Crippen molar-refractivity contribution in [3.05, 3.63) is 58.8 Å². The fourth-order valence-electron chi connectivity index (χ4n) is 2.98. The number of rotatable bonds is 4. The van der Waals surface area contributed by atoms with E-state index in [1.165, 1.54) is 10.8 Å². The summed E-state index contributed by atoms with van der Waals surface area (Å²) in [4.78, 5) is 29.8. The number of likely N-dealkylation sites (tertiary alicyclic amines) is 1. The van der Waals surface area contributed by atoms with E-state index in [2.05, 4.69) is 4.98 Å². The maximum absolute atomic E-state index is 12.6. The lowest BCUT2D eigenvalue weighted by atomic mass is 10.0. The van der Waals surface area contributed by atoms with E-state index in [0.717, 1.165) is 24.2 Å². The van der Waals surface area contributed by atoms with Gasteiger partial charge in [0, 0.05) is 18.9 Å². The normalized spacial score (nSPS) is 17.3. The highest BCUT2D eigenvalue weighted by Crippen LogP contribution is 2.32. The monoisotopic (exact) mass is 313 g/mol. The van der Waals surface area contributed by atoms with Gasteiger partial charge in [-0.15, -0.1) is 0 Å². The van der Waals surface area contributed by atoms with Crippen molar-refractivity contribution in [3.8, 4) is 5.75 Å². The summed E-state index contributed by atoms with van der Waals surface area (Å²) in [6.07, 6.45) is 4.91. The number of methoxy groups -OCH3 is 1.